The van der Waals surface area contributed by atoms with Crippen LogP contribution in [0, 0.1) is 11.8 Å². The van der Waals surface area contributed by atoms with E-state index in [1.54, 1.807) is 11.8 Å². The van der Waals surface area contributed by atoms with Gasteiger partial charge in [-0.3, -0.25) is 9.59 Å². The molecule has 0 radical (unpaired) electrons. The summed E-state index contributed by atoms with van der Waals surface area (Å²) in [4.78, 5) is 25.6. The highest BCUT2D eigenvalue weighted by atomic mass is 35.5. The molecule has 0 bridgehead atoms. The molecule has 1 N–H and O–H groups in total. The number of nitrogens with one attached hydrogen (secondary N) is 1. The quantitative estimate of drug-likeness (QED) is 0.692. The Morgan fingerprint density at radius 1 is 1.27 bits per heavy atom. The summed E-state index contributed by atoms with van der Waals surface area (Å²) in [5.41, 5.74) is 0. The van der Waals surface area contributed by atoms with E-state index in [0.717, 1.165) is 32.4 Å². The van der Waals surface area contributed by atoms with Gasteiger partial charge < -0.3 is 15.0 Å². The Morgan fingerprint density at radius 3 is 2.45 bits per heavy atom. The van der Waals surface area contributed by atoms with E-state index in [2.05, 4.69) is 19.2 Å². The zero-order valence-corrected chi connectivity index (χ0v) is 14.9. The summed E-state index contributed by atoms with van der Waals surface area (Å²) in [6.45, 7) is 9.05. The van der Waals surface area contributed by atoms with E-state index >= 15 is 0 Å². The van der Waals surface area contributed by atoms with Crippen LogP contribution in [0.4, 0.5) is 0 Å². The predicted octanol–water partition coefficient (Wildman–Crippen LogP) is 2.24. The lowest BCUT2D eigenvalue weighted by Crippen LogP contribution is -2.39. The van der Waals surface area contributed by atoms with Crippen LogP contribution in [-0.2, 0) is 14.3 Å². The smallest absolute Gasteiger partial charge is 0.325 e. The van der Waals surface area contributed by atoms with Crippen molar-refractivity contribution in [2.45, 2.75) is 46.5 Å². The molecule has 5 nitrogen and oxygen atoms in total. The maximum atomic E-state index is 12.4. The summed E-state index contributed by atoms with van der Waals surface area (Å²) in [7, 11) is 0. The van der Waals surface area contributed by atoms with Gasteiger partial charge in [0.05, 0.1) is 6.61 Å². The van der Waals surface area contributed by atoms with Crippen LogP contribution in [-0.4, -0.2) is 49.6 Å². The molecule has 0 aliphatic carbocycles. The van der Waals surface area contributed by atoms with E-state index in [9.17, 15) is 9.59 Å². The van der Waals surface area contributed by atoms with Crippen LogP contribution in [0.1, 0.15) is 46.5 Å². The topological polar surface area (TPSA) is 58.6 Å². The second-order valence-corrected chi connectivity index (χ2v) is 6.21. The first-order chi connectivity index (χ1) is 10.0. The van der Waals surface area contributed by atoms with Crippen LogP contribution in [0.15, 0.2) is 0 Å². The molecule has 0 aromatic heterocycles. The van der Waals surface area contributed by atoms with E-state index < -0.39 is 0 Å². The third-order valence-electron chi connectivity index (χ3n) is 3.79. The molecular formula is C16H31ClN2O3. The van der Waals surface area contributed by atoms with Crippen molar-refractivity contribution in [3.05, 3.63) is 0 Å². The van der Waals surface area contributed by atoms with Crippen molar-refractivity contribution in [2.24, 2.45) is 11.8 Å². The number of carbonyl (C=O) groups excluding carboxylic acids is 2. The molecule has 0 spiro atoms. The van der Waals surface area contributed by atoms with E-state index in [1.807, 2.05) is 0 Å². The van der Waals surface area contributed by atoms with Crippen molar-refractivity contribution in [1.29, 1.82) is 0 Å². The third kappa shape index (κ3) is 8.59. The Hall–Kier alpha value is -0.810. The number of rotatable bonds is 8. The molecule has 0 unspecified atom stereocenters. The van der Waals surface area contributed by atoms with Gasteiger partial charge in [0.1, 0.15) is 6.54 Å². The first-order valence-electron chi connectivity index (χ1n) is 8.17. The summed E-state index contributed by atoms with van der Waals surface area (Å²) in [6, 6.07) is 0. The van der Waals surface area contributed by atoms with Crippen molar-refractivity contribution in [3.63, 3.8) is 0 Å². The zero-order valence-electron chi connectivity index (χ0n) is 14.1. The Bertz CT molecular complexity index is 331. The molecule has 1 fully saturated rings. The average molecular weight is 335 g/mol. The number of esters is 1. The van der Waals surface area contributed by atoms with Crippen LogP contribution in [0.2, 0.25) is 0 Å². The SMILES string of the molecule is CCOC(=O)CN(CC(C)C)C(=O)CCC1CCNCC1.Cl. The molecule has 1 aliphatic rings. The highest BCUT2D eigenvalue weighted by Crippen LogP contribution is 2.18. The van der Waals surface area contributed by atoms with Crippen molar-refractivity contribution in [2.75, 3.05) is 32.8 Å². The number of carbonyl (C=O) groups is 2. The fourth-order valence-corrected chi connectivity index (χ4v) is 2.71. The van der Waals surface area contributed by atoms with Gasteiger partial charge >= 0.3 is 5.97 Å². The molecule has 0 saturated carbocycles. The van der Waals surface area contributed by atoms with Gasteiger partial charge in [-0.15, -0.1) is 12.4 Å². The van der Waals surface area contributed by atoms with E-state index in [0.29, 0.717) is 31.4 Å². The minimum atomic E-state index is -0.312. The fourth-order valence-electron chi connectivity index (χ4n) is 2.71. The van der Waals surface area contributed by atoms with Gasteiger partial charge in [-0.1, -0.05) is 13.8 Å². The molecule has 1 amide bonds. The van der Waals surface area contributed by atoms with Gasteiger partial charge in [-0.25, -0.2) is 0 Å². The zero-order chi connectivity index (χ0) is 15.7. The van der Waals surface area contributed by atoms with Gasteiger partial charge in [0, 0.05) is 13.0 Å². The van der Waals surface area contributed by atoms with Crippen LogP contribution >= 0.6 is 12.4 Å². The Labute approximate surface area is 140 Å². The molecule has 1 saturated heterocycles. The Morgan fingerprint density at radius 2 is 1.91 bits per heavy atom. The second kappa shape index (κ2) is 11.7. The lowest BCUT2D eigenvalue weighted by Gasteiger charge is -2.26. The number of hydrogen-bond donors (Lipinski definition) is 1. The summed E-state index contributed by atoms with van der Waals surface area (Å²) in [6.07, 6.45) is 3.76. The first-order valence-corrected chi connectivity index (χ1v) is 8.17. The summed E-state index contributed by atoms with van der Waals surface area (Å²) in [5.74, 6) is 0.754. The highest BCUT2D eigenvalue weighted by Gasteiger charge is 2.21. The molecule has 22 heavy (non-hydrogen) atoms. The fraction of sp³-hybridized carbons (Fsp3) is 0.875. The van der Waals surface area contributed by atoms with Crippen molar-refractivity contribution in [1.82, 2.24) is 10.2 Å². The monoisotopic (exact) mass is 334 g/mol. The number of hydrogen-bond acceptors (Lipinski definition) is 4. The maximum Gasteiger partial charge on any atom is 0.325 e. The molecule has 1 rings (SSSR count). The Kier molecular flexibility index (Phi) is 11.3. The van der Waals surface area contributed by atoms with Crippen LogP contribution in [0.25, 0.3) is 0 Å². The second-order valence-electron chi connectivity index (χ2n) is 6.21. The molecule has 6 heteroatoms. The lowest BCUT2D eigenvalue weighted by atomic mass is 9.93. The molecule has 0 aromatic carbocycles. The average Bonchev–Trinajstić information content (AvgIpc) is 2.45. The lowest BCUT2D eigenvalue weighted by molar-refractivity contribution is -0.149. The van der Waals surface area contributed by atoms with E-state index in [4.69, 9.17) is 4.74 Å². The van der Waals surface area contributed by atoms with Gasteiger partial charge in [0.15, 0.2) is 0 Å². The highest BCUT2D eigenvalue weighted by molar-refractivity contribution is 5.85. The number of ether oxygens (including phenoxy) is 1. The predicted molar refractivity (Wildman–Crippen MR) is 90.1 cm³/mol. The number of amides is 1. The third-order valence-corrected chi connectivity index (χ3v) is 3.79. The number of halogens is 1. The maximum absolute atomic E-state index is 12.4. The molecular weight excluding hydrogens is 304 g/mol. The minimum absolute atomic E-state index is 0. The number of piperidine rings is 1. The van der Waals surface area contributed by atoms with Crippen molar-refractivity contribution in [3.8, 4) is 0 Å². The van der Waals surface area contributed by atoms with E-state index in [-0.39, 0.29) is 30.8 Å². The van der Waals surface area contributed by atoms with Gasteiger partial charge in [-0.05, 0) is 51.1 Å². The first kappa shape index (κ1) is 21.2. The van der Waals surface area contributed by atoms with Crippen LogP contribution < -0.4 is 5.32 Å². The van der Waals surface area contributed by atoms with Crippen molar-refractivity contribution < 1.29 is 14.3 Å². The number of nitrogens with zero attached hydrogens (tertiary/aromatic N) is 1. The van der Waals surface area contributed by atoms with Gasteiger partial charge in [0.2, 0.25) is 5.91 Å². The Balaban J connectivity index is 0.00000441. The van der Waals surface area contributed by atoms with Crippen molar-refractivity contribution >= 4 is 24.3 Å². The molecule has 1 heterocycles. The molecule has 0 aromatic rings. The summed E-state index contributed by atoms with van der Waals surface area (Å²) < 4.78 is 4.96. The van der Waals surface area contributed by atoms with Gasteiger partial charge in [-0.2, -0.15) is 0 Å². The molecule has 130 valence electrons. The largest absolute Gasteiger partial charge is 0.465 e. The summed E-state index contributed by atoms with van der Waals surface area (Å²) in [5, 5.41) is 3.33. The van der Waals surface area contributed by atoms with Crippen LogP contribution in [0.3, 0.4) is 0 Å². The minimum Gasteiger partial charge on any atom is -0.465 e. The summed E-state index contributed by atoms with van der Waals surface area (Å²) >= 11 is 0. The van der Waals surface area contributed by atoms with Gasteiger partial charge in [0.25, 0.3) is 0 Å². The standard InChI is InChI=1S/C16H30N2O3.ClH/c1-4-21-16(20)12-18(11-13(2)3)15(19)6-5-14-7-9-17-10-8-14;/h13-14,17H,4-12H2,1-3H3;1H. The van der Waals surface area contributed by atoms with E-state index in [1.165, 1.54) is 0 Å². The van der Waals surface area contributed by atoms with Crippen LogP contribution in [0.5, 0.6) is 0 Å². The molecule has 1 aliphatic heterocycles. The normalized spacial score (nSPS) is 15.3. The molecule has 0 atom stereocenters.